The highest BCUT2D eigenvalue weighted by molar-refractivity contribution is 6.03. The predicted molar refractivity (Wildman–Crippen MR) is 142 cm³/mol. The zero-order valence-electron chi connectivity index (χ0n) is 21.1. The smallest absolute Gasteiger partial charge is 0.250 e. The van der Waals surface area contributed by atoms with Gasteiger partial charge >= 0.3 is 0 Å². The molecule has 0 atom stereocenters. The van der Waals surface area contributed by atoms with Gasteiger partial charge in [0.1, 0.15) is 17.8 Å². The highest BCUT2D eigenvalue weighted by Gasteiger charge is 2.34. The van der Waals surface area contributed by atoms with Crippen molar-refractivity contribution in [3.8, 4) is 11.3 Å². The number of likely N-dealkylation sites (tertiary alicyclic amines) is 1. The first kappa shape index (κ1) is 24.0. The van der Waals surface area contributed by atoms with Gasteiger partial charge in [0, 0.05) is 37.3 Å². The van der Waals surface area contributed by atoms with Crippen molar-refractivity contribution >= 4 is 34.4 Å². The summed E-state index contributed by atoms with van der Waals surface area (Å²) in [6.45, 7) is 7.19. The van der Waals surface area contributed by atoms with Crippen LogP contribution in [0.3, 0.4) is 0 Å². The quantitative estimate of drug-likeness (QED) is 0.512. The van der Waals surface area contributed by atoms with Crippen LogP contribution in [0.4, 0.5) is 11.5 Å². The summed E-state index contributed by atoms with van der Waals surface area (Å²) in [7, 11) is 2.01. The van der Waals surface area contributed by atoms with Gasteiger partial charge < -0.3 is 20.5 Å². The van der Waals surface area contributed by atoms with Crippen molar-refractivity contribution in [2.45, 2.75) is 51.4 Å². The van der Waals surface area contributed by atoms with E-state index in [-0.39, 0.29) is 17.7 Å². The molecule has 2 amide bonds. The molecule has 1 saturated heterocycles. The lowest BCUT2D eigenvalue weighted by Crippen LogP contribution is -2.35. The number of anilines is 2. The molecule has 5 rings (SSSR count). The lowest BCUT2D eigenvalue weighted by atomic mass is 9.77. The van der Waals surface area contributed by atoms with Gasteiger partial charge in [0.05, 0.1) is 11.1 Å². The fourth-order valence-corrected chi connectivity index (χ4v) is 5.83. The average Bonchev–Trinajstić information content (AvgIpc) is 3.52. The van der Waals surface area contributed by atoms with Crippen molar-refractivity contribution in [2.75, 3.05) is 24.1 Å². The third kappa shape index (κ3) is 4.36. The van der Waals surface area contributed by atoms with Crippen LogP contribution >= 0.6 is 0 Å². The third-order valence-corrected chi connectivity index (χ3v) is 7.74. The molecule has 8 nitrogen and oxygen atoms in total. The summed E-state index contributed by atoms with van der Waals surface area (Å²) in [6, 6.07) is 7.83. The number of nitrogens with one attached hydrogen (secondary N) is 1. The minimum absolute atomic E-state index is 0.114. The zero-order chi connectivity index (χ0) is 25.4. The van der Waals surface area contributed by atoms with Gasteiger partial charge in [0.2, 0.25) is 5.91 Å². The maximum atomic E-state index is 13.0. The topological polar surface area (TPSA) is 106 Å². The first-order valence-corrected chi connectivity index (χ1v) is 12.8. The Morgan fingerprint density at radius 1 is 1.06 bits per heavy atom. The van der Waals surface area contributed by atoms with Crippen LogP contribution in [0, 0.1) is 5.92 Å². The number of hydrogen-bond acceptors (Lipinski definition) is 5. The van der Waals surface area contributed by atoms with Crippen molar-refractivity contribution in [3.63, 3.8) is 0 Å². The molecule has 0 radical (unpaired) electrons. The molecular weight excluding hydrogens is 452 g/mol. The van der Waals surface area contributed by atoms with E-state index in [1.165, 1.54) is 6.33 Å². The van der Waals surface area contributed by atoms with E-state index >= 15 is 0 Å². The minimum Gasteiger partial charge on any atom is -0.383 e. The highest BCUT2D eigenvalue weighted by Crippen LogP contribution is 2.46. The molecule has 3 aromatic rings. The van der Waals surface area contributed by atoms with Gasteiger partial charge in [-0.05, 0) is 74.6 Å². The number of fused-ring (bicyclic) bond motifs is 1. The summed E-state index contributed by atoms with van der Waals surface area (Å²) in [5, 5.41) is 3.77. The largest absolute Gasteiger partial charge is 0.383 e. The molecule has 0 bridgehead atoms. The van der Waals surface area contributed by atoms with Gasteiger partial charge in [0.15, 0.2) is 0 Å². The predicted octanol–water partition coefficient (Wildman–Crippen LogP) is 4.63. The number of rotatable bonds is 5. The number of nitrogen functional groups attached to an aromatic ring is 1. The maximum absolute atomic E-state index is 13.0. The van der Waals surface area contributed by atoms with Crippen LogP contribution in [0.2, 0.25) is 0 Å². The monoisotopic (exact) mass is 486 g/mol. The van der Waals surface area contributed by atoms with Gasteiger partial charge in [-0.25, -0.2) is 9.97 Å². The Labute approximate surface area is 211 Å². The van der Waals surface area contributed by atoms with E-state index in [9.17, 15) is 9.59 Å². The number of nitrogens with zero attached hydrogens (tertiary/aromatic N) is 4. The van der Waals surface area contributed by atoms with Crippen LogP contribution in [0.5, 0.6) is 0 Å². The molecule has 188 valence electrons. The number of nitrogens with two attached hydrogens (primary N) is 1. The first-order valence-electron chi connectivity index (χ1n) is 12.8. The maximum Gasteiger partial charge on any atom is 0.250 e. The second kappa shape index (κ2) is 9.76. The number of carbonyl (C=O) groups is 2. The summed E-state index contributed by atoms with van der Waals surface area (Å²) in [6.07, 6.45) is 7.37. The molecular formula is C28H34N6O2. The van der Waals surface area contributed by atoms with Crippen LogP contribution in [0.1, 0.15) is 56.9 Å². The van der Waals surface area contributed by atoms with Crippen molar-refractivity contribution in [2.24, 2.45) is 13.0 Å². The van der Waals surface area contributed by atoms with Crippen molar-refractivity contribution in [1.29, 1.82) is 0 Å². The lowest BCUT2D eigenvalue weighted by molar-refractivity contribution is -0.135. The SMILES string of the molecule is C=C(C)C(=O)Nc1ccc(-c2c(C3CCC(C(=O)N4CCCC4)CC3)c3c(N)ncnc3n2C)cc1. The van der Waals surface area contributed by atoms with Crippen LogP contribution in [0.15, 0.2) is 42.7 Å². The van der Waals surface area contributed by atoms with E-state index in [1.807, 2.05) is 36.2 Å². The van der Waals surface area contributed by atoms with Gasteiger partial charge in [0.25, 0.3) is 5.91 Å². The molecule has 0 spiro atoms. The fourth-order valence-electron chi connectivity index (χ4n) is 5.83. The Morgan fingerprint density at radius 2 is 1.72 bits per heavy atom. The second-order valence-corrected chi connectivity index (χ2v) is 10.2. The zero-order valence-corrected chi connectivity index (χ0v) is 21.1. The molecule has 36 heavy (non-hydrogen) atoms. The lowest BCUT2D eigenvalue weighted by Gasteiger charge is -2.31. The summed E-state index contributed by atoms with van der Waals surface area (Å²) in [5.74, 6) is 0.998. The van der Waals surface area contributed by atoms with Crippen LogP contribution in [-0.4, -0.2) is 44.3 Å². The van der Waals surface area contributed by atoms with Crippen molar-refractivity contribution in [3.05, 3.63) is 48.3 Å². The molecule has 3 N–H and O–H groups in total. The molecule has 2 fully saturated rings. The Morgan fingerprint density at radius 3 is 2.36 bits per heavy atom. The van der Waals surface area contributed by atoms with E-state index < -0.39 is 0 Å². The fraction of sp³-hybridized carbons (Fsp3) is 0.429. The molecule has 1 aromatic carbocycles. The van der Waals surface area contributed by atoms with Gasteiger partial charge in [-0.3, -0.25) is 9.59 Å². The minimum atomic E-state index is -0.198. The number of hydrogen-bond donors (Lipinski definition) is 2. The Hall–Kier alpha value is -3.68. The van der Waals surface area contributed by atoms with E-state index in [0.717, 1.165) is 79.5 Å². The average molecular weight is 487 g/mol. The normalized spacial score (nSPS) is 20.0. The summed E-state index contributed by atoms with van der Waals surface area (Å²) < 4.78 is 2.09. The summed E-state index contributed by atoms with van der Waals surface area (Å²) >= 11 is 0. The Bertz CT molecular complexity index is 1310. The van der Waals surface area contributed by atoms with E-state index in [1.54, 1.807) is 6.92 Å². The highest BCUT2D eigenvalue weighted by atomic mass is 16.2. The summed E-state index contributed by atoms with van der Waals surface area (Å²) in [4.78, 5) is 35.9. The molecule has 0 unspecified atom stereocenters. The number of aryl methyl sites for hydroxylation is 1. The Kier molecular flexibility index (Phi) is 6.51. The first-order chi connectivity index (χ1) is 17.3. The molecule has 2 aromatic heterocycles. The number of carbonyl (C=O) groups excluding carboxylic acids is 2. The number of amides is 2. The molecule has 3 heterocycles. The van der Waals surface area contributed by atoms with Gasteiger partial charge in [-0.15, -0.1) is 0 Å². The van der Waals surface area contributed by atoms with Crippen LogP contribution in [0.25, 0.3) is 22.3 Å². The van der Waals surface area contributed by atoms with E-state index in [0.29, 0.717) is 23.0 Å². The van der Waals surface area contributed by atoms with Crippen LogP contribution in [-0.2, 0) is 16.6 Å². The van der Waals surface area contributed by atoms with Crippen molar-refractivity contribution in [1.82, 2.24) is 19.4 Å². The number of benzene rings is 1. The molecule has 2 aliphatic rings. The molecule has 1 aliphatic carbocycles. The third-order valence-electron chi connectivity index (χ3n) is 7.74. The van der Waals surface area contributed by atoms with E-state index in [4.69, 9.17) is 5.73 Å². The Balaban J connectivity index is 1.47. The standard InChI is InChI=1S/C28H34N6O2/c1-17(2)27(35)32-21-12-10-19(11-13-21)24-22(23-25(29)30-16-31-26(23)33(24)3)18-6-8-20(9-7-18)28(36)34-14-4-5-15-34/h10-13,16,18,20H,1,4-9,14-15H2,2-3H3,(H,32,35)(H2,29,30,31). The second-order valence-electron chi connectivity index (χ2n) is 10.2. The van der Waals surface area contributed by atoms with Gasteiger partial charge in [-0.2, -0.15) is 0 Å². The summed E-state index contributed by atoms with van der Waals surface area (Å²) in [5.41, 5.74) is 11.6. The number of aromatic nitrogens is 3. The molecule has 8 heteroatoms. The van der Waals surface area contributed by atoms with E-state index in [2.05, 4.69) is 26.4 Å². The molecule has 1 aliphatic heterocycles. The molecule has 1 saturated carbocycles. The van der Waals surface area contributed by atoms with Gasteiger partial charge in [-0.1, -0.05) is 18.7 Å². The van der Waals surface area contributed by atoms with Crippen LogP contribution < -0.4 is 11.1 Å². The van der Waals surface area contributed by atoms with Crippen molar-refractivity contribution < 1.29 is 9.59 Å².